The number of ether oxygens (including phenoxy) is 1. The lowest BCUT2D eigenvalue weighted by Gasteiger charge is -1.97. The largest absolute Gasteiger partial charge is 0.502 e. The number of carbonyl (C=O) groups is 2. The Morgan fingerprint density at radius 2 is 1.27 bits per heavy atom. The van der Waals surface area contributed by atoms with Gasteiger partial charge in [-0.2, -0.15) is 0 Å². The summed E-state index contributed by atoms with van der Waals surface area (Å²) < 4.78 is 3.80. The Morgan fingerprint density at radius 1 is 1.00 bits per heavy atom. The maximum atomic E-state index is 10.3. The second-order valence-electron chi connectivity index (χ2n) is 1.57. The predicted octanol–water partition coefficient (Wildman–Crippen LogP) is 0.200. The first-order valence-electron chi connectivity index (χ1n) is 2.47. The van der Waals surface area contributed by atoms with E-state index >= 15 is 0 Å². The van der Waals surface area contributed by atoms with E-state index in [1.807, 2.05) is 0 Å². The Hall–Kier alpha value is -1.78. The van der Waals surface area contributed by atoms with Crippen LogP contribution in [-0.4, -0.2) is 22.2 Å². The minimum absolute atomic E-state index is 0.917. The lowest BCUT2D eigenvalue weighted by atomic mass is 10.5. The Bertz CT molecular complexity index is 203. The van der Waals surface area contributed by atoms with Crippen LogP contribution in [0.4, 0.5) is 0 Å². The number of aliphatic hydroxyl groups excluding tert-OH is 2. The van der Waals surface area contributed by atoms with E-state index in [0.717, 1.165) is 0 Å². The van der Waals surface area contributed by atoms with Crippen molar-refractivity contribution in [1.82, 2.24) is 0 Å². The molecule has 5 heteroatoms. The summed E-state index contributed by atoms with van der Waals surface area (Å²) >= 11 is 0. The highest BCUT2D eigenvalue weighted by Gasteiger charge is 2.14. The molecule has 5 nitrogen and oxygen atoms in total. The molecule has 0 aromatic rings. The monoisotopic (exact) mass is 158 g/mol. The van der Waals surface area contributed by atoms with Crippen molar-refractivity contribution in [3.8, 4) is 0 Å². The molecule has 0 unspecified atom stereocenters. The molecule has 60 valence electrons. The van der Waals surface area contributed by atoms with E-state index in [-0.39, 0.29) is 0 Å². The van der Waals surface area contributed by atoms with Crippen molar-refractivity contribution in [2.45, 2.75) is 0 Å². The van der Waals surface area contributed by atoms with E-state index in [4.69, 9.17) is 10.2 Å². The normalized spacial score (nSPS) is 8.36. The molecule has 0 aliphatic rings. The molecule has 0 rings (SSSR count). The second-order valence-corrected chi connectivity index (χ2v) is 1.57. The van der Waals surface area contributed by atoms with E-state index in [2.05, 4.69) is 17.9 Å². The van der Waals surface area contributed by atoms with Gasteiger partial charge in [0, 0.05) is 0 Å². The molecule has 0 amide bonds. The van der Waals surface area contributed by atoms with Gasteiger partial charge in [-0.1, -0.05) is 0 Å². The molecule has 0 bridgehead atoms. The van der Waals surface area contributed by atoms with Crippen LogP contribution in [0.3, 0.4) is 0 Å². The van der Waals surface area contributed by atoms with E-state index in [9.17, 15) is 9.59 Å². The number of hydrogen-bond acceptors (Lipinski definition) is 5. The fourth-order valence-electron chi connectivity index (χ4n) is 0.202. The molecule has 11 heavy (non-hydrogen) atoms. The van der Waals surface area contributed by atoms with E-state index < -0.39 is 23.5 Å². The Kier molecular flexibility index (Phi) is 2.85. The van der Waals surface area contributed by atoms with Crippen molar-refractivity contribution in [3.63, 3.8) is 0 Å². The van der Waals surface area contributed by atoms with Gasteiger partial charge in [0.15, 0.2) is 11.5 Å². The van der Waals surface area contributed by atoms with Crippen molar-refractivity contribution < 1.29 is 24.5 Å². The van der Waals surface area contributed by atoms with Gasteiger partial charge in [0.25, 0.3) is 0 Å². The number of aliphatic hydroxyl groups is 2. The van der Waals surface area contributed by atoms with Gasteiger partial charge in [0.05, 0.1) is 0 Å². The number of carbonyl (C=O) groups excluding carboxylic acids is 2. The number of rotatable bonds is 2. The molecular weight excluding hydrogens is 152 g/mol. The van der Waals surface area contributed by atoms with Gasteiger partial charge < -0.3 is 14.9 Å². The van der Waals surface area contributed by atoms with Crippen LogP contribution < -0.4 is 0 Å². The highest BCUT2D eigenvalue weighted by Crippen LogP contribution is 1.93. The van der Waals surface area contributed by atoms with Crippen LogP contribution in [0.15, 0.2) is 24.7 Å². The van der Waals surface area contributed by atoms with Crippen molar-refractivity contribution in [2.24, 2.45) is 0 Å². The second kappa shape index (κ2) is 3.40. The van der Waals surface area contributed by atoms with Gasteiger partial charge in [0.1, 0.15) is 0 Å². The summed E-state index contributed by atoms with van der Waals surface area (Å²) in [7, 11) is 0. The molecule has 0 fully saturated rings. The Morgan fingerprint density at radius 3 is 1.45 bits per heavy atom. The van der Waals surface area contributed by atoms with E-state index in [1.54, 1.807) is 0 Å². The molecule has 0 radical (unpaired) electrons. The maximum absolute atomic E-state index is 10.3. The van der Waals surface area contributed by atoms with E-state index in [0.29, 0.717) is 0 Å². The molecule has 0 spiro atoms. The fourth-order valence-corrected chi connectivity index (χ4v) is 0.202. The summed E-state index contributed by atoms with van der Waals surface area (Å²) in [6.45, 7) is 5.57. The van der Waals surface area contributed by atoms with Crippen molar-refractivity contribution in [2.75, 3.05) is 0 Å². The summed E-state index contributed by atoms with van der Waals surface area (Å²) in [6, 6.07) is 0. The van der Waals surface area contributed by atoms with Gasteiger partial charge in [-0.3, -0.25) is 0 Å². The van der Waals surface area contributed by atoms with Gasteiger partial charge in [0.2, 0.25) is 0 Å². The Labute approximate surface area is 62.2 Å². The Balaban J connectivity index is 4.07. The third-order valence-electron chi connectivity index (χ3n) is 0.657. The predicted molar refractivity (Wildman–Crippen MR) is 34.6 cm³/mol. The van der Waals surface area contributed by atoms with Crippen LogP contribution in [0.5, 0.6) is 0 Å². The summed E-state index contributed by atoms with van der Waals surface area (Å²) in [5, 5.41) is 16.6. The van der Waals surface area contributed by atoms with Crippen LogP contribution in [-0.2, 0) is 14.3 Å². The lowest BCUT2D eigenvalue weighted by Crippen LogP contribution is -2.14. The molecule has 0 aromatic heterocycles. The smallest absolute Gasteiger partial charge is 0.380 e. The zero-order valence-corrected chi connectivity index (χ0v) is 5.53. The fraction of sp³-hybridized carbons (Fsp3) is 0. The first kappa shape index (κ1) is 9.22. The number of esters is 2. The van der Waals surface area contributed by atoms with Crippen LogP contribution in [0.25, 0.3) is 0 Å². The summed E-state index contributed by atoms with van der Waals surface area (Å²) in [6.07, 6.45) is 0. The average molecular weight is 158 g/mol. The highest BCUT2D eigenvalue weighted by molar-refractivity contribution is 5.99. The molecule has 2 N–H and O–H groups in total. The molecule has 0 aliphatic carbocycles. The molecule has 0 aromatic carbocycles. The minimum Gasteiger partial charge on any atom is -0.502 e. The summed E-state index contributed by atoms with van der Waals surface area (Å²) in [5.41, 5.74) is 0. The topological polar surface area (TPSA) is 83.8 Å². The average Bonchev–Trinajstić information content (AvgIpc) is 1.87. The third kappa shape index (κ3) is 3.04. The van der Waals surface area contributed by atoms with E-state index in [1.165, 1.54) is 0 Å². The third-order valence-corrected chi connectivity index (χ3v) is 0.657. The van der Waals surface area contributed by atoms with Crippen LogP contribution >= 0.6 is 0 Å². The van der Waals surface area contributed by atoms with Crippen molar-refractivity contribution >= 4 is 11.9 Å². The molecule has 0 heterocycles. The molecule has 0 aliphatic heterocycles. The lowest BCUT2D eigenvalue weighted by molar-refractivity contribution is -0.157. The standard InChI is InChI=1S/C6H6O5/c1-3(7)5(9)11-6(10)4(2)8/h7-8H,1-2H2. The van der Waals surface area contributed by atoms with Gasteiger partial charge >= 0.3 is 11.9 Å². The van der Waals surface area contributed by atoms with Crippen LogP contribution in [0.2, 0.25) is 0 Å². The van der Waals surface area contributed by atoms with Crippen LogP contribution in [0.1, 0.15) is 0 Å². The highest BCUT2D eigenvalue weighted by atomic mass is 16.6. The van der Waals surface area contributed by atoms with Gasteiger partial charge in [-0.05, 0) is 13.2 Å². The summed E-state index contributed by atoms with van der Waals surface area (Å²) in [5.74, 6) is -4.46. The SMILES string of the molecule is C=C(O)C(=O)OC(=O)C(=C)O. The molecule has 0 saturated heterocycles. The minimum atomic E-state index is -1.31. The molecule has 0 saturated carbocycles. The van der Waals surface area contributed by atoms with Gasteiger partial charge in [-0.25, -0.2) is 9.59 Å². The molecule has 0 atom stereocenters. The van der Waals surface area contributed by atoms with Crippen LogP contribution in [0, 0.1) is 0 Å². The number of hydrogen-bond donors (Lipinski definition) is 2. The van der Waals surface area contributed by atoms with Gasteiger partial charge in [-0.15, -0.1) is 0 Å². The quantitative estimate of drug-likeness (QED) is 0.259. The summed E-state index contributed by atoms with van der Waals surface area (Å²) in [4.78, 5) is 20.6. The molecular formula is C6H6O5. The van der Waals surface area contributed by atoms with Crippen molar-refractivity contribution in [3.05, 3.63) is 24.7 Å². The first-order valence-corrected chi connectivity index (χ1v) is 2.47. The first-order chi connectivity index (χ1) is 4.95. The van der Waals surface area contributed by atoms with Crippen molar-refractivity contribution in [1.29, 1.82) is 0 Å². The maximum Gasteiger partial charge on any atom is 0.380 e. The zero-order chi connectivity index (χ0) is 9.02. The zero-order valence-electron chi connectivity index (χ0n) is 5.53.